The third kappa shape index (κ3) is 1.69. The molecule has 4 heteroatoms. The first-order chi connectivity index (χ1) is 6.58. The fraction of sp³-hybridized carbons (Fsp3) is 0.200. The van der Waals surface area contributed by atoms with Crippen LogP contribution in [0.15, 0.2) is 40.7 Å². The van der Waals surface area contributed by atoms with E-state index in [4.69, 9.17) is 27.5 Å². The minimum atomic E-state index is -0.856. The lowest BCUT2D eigenvalue weighted by Gasteiger charge is -2.22. The molecular weight excluding hydrogens is 200 g/mol. The van der Waals surface area contributed by atoms with Crippen LogP contribution >= 0.6 is 11.6 Å². The van der Waals surface area contributed by atoms with E-state index >= 15 is 0 Å². The van der Waals surface area contributed by atoms with E-state index in [1.54, 1.807) is 18.4 Å². The molecule has 0 bridgehead atoms. The maximum absolute atomic E-state index is 6.01. The lowest BCUT2D eigenvalue weighted by molar-refractivity contribution is 0.551. The van der Waals surface area contributed by atoms with E-state index in [2.05, 4.69) is 0 Å². The smallest absolute Gasteiger partial charge is 0.135 e. The summed E-state index contributed by atoms with van der Waals surface area (Å²) in [4.78, 5) is -0.856. The van der Waals surface area contributed by atoms with Gasteiger partial charge in [-0.1, -0.05) is 17.7 Å². The summed E-state index contributed by atoms with van der Waals surface area (Å²) in [6.07, 6.45) is 5.66. The minimum absolute atomic E-state index is 0.532. The van der Waals surface area contributed by atoms with Gasteiger partial charge < -0.3 is 15.9 Å². The lowest BCUT2D eigenvalue weighted by Crippen LogP contribution is -2.32. The van der Waals surface area contributed by atoms with Crippen LogP contribution in [0.1, 0.15) is 12.2 Å². The largest absolute Gasteiger partial charge is 0.464 e. The molecule has 1 aromatic rings. The normalized spacial score (nSPS) is 27.0. The molecule has 0 fully saturated rings. The van der Waals surface area contributed by atoms with Crippen molar-refractivity contribution in [1.82, 2.24) is 0 Å². The van der Waals surface area contributed by atoms with Crippen molar-refractivity contribution in [2.24, 2.45) is 11.5 Å². The molecule has 1 aliphatic rings. The molecule has 2 rings (SSSR count). The van der Waals surface area contributed by atoms with Gasteiger partial charge in [0.05, 0.1) is 6.26 Å². The second kappa shape index (κ2) is 3.19. The van der Waals surface area contributed by atoms with Crippen LogP contribution < -0.4 is 11.5 Å². The third-order valence-electron chi connectivity index (χ3n) is 2.12. The first-order valence-electron chi connectivity index (χ1n) is 4.29. The van der Waals surface area contributed by atoms with Gasteiger partial charge in [-0.3, -0.25) is 0 Å². The molecule has 4 N–H and O–H groups in total. The zero-order chi connectivity index (χ0) is 10.2. The summed E-state index contributed by atoms with van der Waals surface area (Å²) in [6, 6.07) is 3.62. The van der Waals surface area contributed by atoms with E-state index in [1.165, 1.54) is 0 Å². The van der Waals surface area contributed by atoms with E-state index in [-0.39, 0.29) is 0 Å². The number of halogens is 1. The molecule has 0 radical (unpaired) electrons. The Morgan fingerprint density at radius 2 is 2.29 bits per heavy atom. The van der Waals surface area contributed by atoms with E-state index in [0.29, 0.717) is 17.9 Å². The van der Waals surface area contributed by atoms with E-state index in [0.717, 1.165) is 5.57 Å². The Morgan fingerprint density at radius 1 is 1.50 bits per heavy atom. The summed E-state index contributed by atoms with van der Waals surface area (Å²) in [6.45, 7) is 0. The van der Waals surface area contributed by atoms with Crippen molar-refractivity contribution in [3.05, 3.63) is 42.0 Å². The summed E-state index contributed by atoms with van der Waals surface area (Å²) in [5.74, 6) is 0.689. The highest BCUT2D eigenvalue weighted by Gasteiger charge is 2.24. The number of hydrogen-bond acceptors (Lipinski definition) is 3. The van der Waals surface area contributed by atoms with Gasteiger partial charge in [-0.25, -0.2) is 0 Å². The van der Waals surface area contributed by atoms with Crippen molar-refractivity contribution in [3.63, 3.8) is 0 Å². The van der Waals surface area contributed by atoms with Gasteiger partial charge in [0, 0.05) is 17.7 Å². The molecule has 14 heavy (non-hydrogen) atoms. The average molecular weight is 211 g/mol. The van der Waals surface area contributed by atoms with Gasteiger partial charge in [0.2, 0.25) is 0 Å². The van der Waals surface area contributed by atoms with E-state index < -0.39 is 5.00 Å². The molecule has 1 unspecified atom stereocenters. The number of nitrogens with two attached hydrogens (primary N) is 2. The van der Waals surface area contributed by atoms with Crippen molar-refractivity contribution >= 4 is 17.2 Å². The standard InChI is InChI=1S/C10H11ClN2O/c11-10(13)4-3-8(12)7(6-10)9-2-1-5-14-9/h1-3,5-6H,4,12-13H2. The van der Waals surface area contributed by atoms with Crippen LogP contribution in [0, 0.1) is 0 Å². The molecule has 74 valence electrons. The van der Waals surface area contributed by atoms with Crippen LogP contribution in [-0.4, -0.2) is 5.00 Å². The summed E-state index contributed by atoms with van der Waals surface area (Å²) < 4.78 is 5.23. The summed E-state index contributed by atoms with van der Waals surface area (Å²) in [5, 5.41) is 0. The second-order valence-corrected chi connectivity index (χ2v) is 4.03. The van der Waals surface area contributed by atoms with Gasteiger partial charge in [0.1, 0.15) is 10.8 Å². The molecule has 1 heterocycles. The van der Waals surface area contributed by atoms with Gasteiger partial charge in [-0.15, -0.1) is 0 Å². The molecule has 1 atom stereocenters. The molecule has 3 nitrogen and oxygen atoms in total. The Hall–Kier alpha value is -1.19. The number of alkyl halides is 1. The monoisotopic (exact) mass is 210 g/mol. The fourth-order valence-electron chi connectivity index (χ4n) is 1.40. The van der Waals surface area contributed by atoms with Crippen molar-refractivity contribution < 1.29 is 4.42 Å². The molecule has 0 amide bonds. The van der Waals surface area contributed by atoms with Gasteiger partial charge in [-0.2, -0.15) is 0 Å². The summed E-state index contributed by atoms with van der Waals surface area (Å²) >= 11 is 6.01. The van der Waals surface area contributed by atoms with Crippen molar-refractivity contribution in [2.45, 2.75) is 11.4 Å². The Kier molecular flexibility index (Phi) is 2.13. The maximum Gasteiger partial charge on any atom is 0.135 e. The highest BCUT2D eigenvalue weighted by atomic mass is 35.5. The van der Waals surface area contributed by atoms with Crippen molar-refractivity contribution in [2.75, 3.05) is 0 Å². The van der Waals surface area contributed by atoms with Gasteiger partial charge in [0.15, 0.2) is 0 Å². The van der Waals surface area contributed by atoms with E-state index in [1.807, 2.05) is 12.1 Å². The Morgan fingerprint density at radius 3 is 2.93 bits per heavy atom. The van der Waals surface area contributed by atoms with Crippen LogP contribution in [0.2, 0.25) is 0 Å². The van der Waals surface area contributed by atoms with Crippen molar-refractivity contribution in [1.29, 1.82) is 0 Å². The predicted octanol–water partition coefficient (Wildman–Crippen LogP) is 1.80. The van der Waals surface area contributed by atoms with Crippen LogP contribution in [0.4, 0.5) is 0 Å². The van der Waals surface area contributed by atoms with Crippen LogP contribution in [0.5, 0.6) is 0 Å². The van der Waals surface area contributed by atoms with Gasteiger partial charge in [0.25, 0.3) is 0 Å². The number of furan rings is 1. The molecule has 1 aliphatic carbocycles. The average Bonchev–Trinajstić information content (AvgIpc) is 2.62. The highest BCUT2D eigenvalue weighted by Crippen LogP contribution is 2.31. The SMILES string of the molecule is NC1=CCC(N)(Cl)C=C1c1ccco1. The minimum Gasteiger partial charge on any atom is -0.464 e. The maximum atomic E-state index is 6.01. The quantitative estimate of drug-likeness (QED) is 0.549. The molecule has 0 spiro atoms. The van der Waals surface area contributed by atoms with Crippen LogP contribution in [0.3, 0.4) is 0 Å². The lowest BCUT2D eigenvalue weighted by atomic mass is 9.98. The van der Waals surface area contributed by atoms with Gasteiger partial charge in [-0.05, 0) is 18.2 Å². The Balaban J connectivity index is 2.42. The van der Waals surface area contributed by atoms with Crippen molar-refractivity contribution in [3.8, 4) is 0 Å². The Bertz CT molecular complexity index is 390. The number of rotatable bonds is 1. The molecule has 0 saturated heterocycles. The zero-order valence-corrected chi connectivity index (χ0v) is 8.29. The summed E-state index contributed by atoms with van der Waals surface area (Å²) in [7, 11) is 0. The second-order valence-electron chi connectivity index (χ2n) is 3.33. The number of allylic oxidation sites excluding steroid dienone is 1. The molecule has 1 aromatic heterocycles. The first-order valence-corrected chi connectivity index (χ1v) is 4.67. The fourth-order valence-corrected chi connectivity index (χ4v) is 1.59. The Labute approximate surface area is 87.0 Å². The summed E-state index contributed by atoms with van der Waals surface area (Å²) in [5.41, 5.74) is 13.0. The zero-order valence-electron chi connectivity index (χ0n) is 7.53. The number of hydrogen-bond donors (Lipinski definition) is 2. The van der Waals surface area contributed by atoms with Crippen LogP contribution in [-0.2, 0) is 0 Å². The first kappa shape index (κ1) is 9.37. The molecule has 0 aliphatic heterocycles. The molecule has 0 saturated carbocycles. The molecule has 0 aromatic carbocycles. The predicted molar refractivity (Wildman–Crippen MR) is 56.3 cm³/mol. The third-order valence-corrected chi connectivity index (χ3v) is 2.38. The highest BCUT2D eigenvalue weighted by molar-refractivity contribution is 6.25. The van der Waals surface area contributed by atoms with E-state index in [9.17, 15) is 0 Å². The van der Waals surface area contributed by atoms with Crippen LogP contribution in [0.25, 0.3) is 5.57 Å². The molecular formula is C10H11ClN2O. The van der Waals surface area contributed by atoms with Gasteiger partial charge >= 0.3 is 0 Å². The topological polar surface area (TPSA) is 65.2 Å².